The van der Waals surface area contributed by atoms with Gasteiger partial charge in [-0.05, 0) is 18.2 Å². The molecule has 1 heterocycles. The first-order chi connectivity index (χ1) is 9.91. The van der Waals surface area contributed by atoms with E-state index in [2.05, 4.69) is 15.5 Å². The van der Waals surface area contributed by atoms with E-state index in [0.29, 0.717) is 18.7 Å². The molecule has 0 spiro atoms. The predicted octanol–water partition coefficient (Wildman–Crippen LogP) is 2.36. The molecule has 8 heteroatoms. The van der Waals surface area contributed by atoms with Crippen molar-refractivity contribution in [3.8, 4) is 6.07 Å². The third-order valence-electron chi connectivity index (χ3n) is 2.93. The third kappa shape index (κ3) is 3.51. The minimum Gasteiger partial charge on any atom is -0.385 e. The average Bonchev–Trinajstić information content (AvgIpc) is 2.83. The number of halogens is 3. The van der Waals surface area contributed by atoms with Gasteiger partial charge in [-0.3, -0.25) is 0 Å². The van der Waals surface area contributed by atoms with Crippen molar-refractivity contribution in [3.05, 3.63) is 41.5 Å². The van der Waals surface area contributed by atoms with E-state index >= 15 is 0 Å². The van der Waals surface area contributed by atoms with Crippen LogP contribution in [-0.4, -0.2) is 21.3 Å². The van der Waals surface area contributed by atoms with Gasteiger partial charge in [0.25, 0.3) is 0 Å². The van der Waals surface area contributed by atoms with E-state index in [1.54, 1.807) is 24.0 Å². The van der Waals surface area contributed by atoms with Crippen LogP contribution in [0.2, 0.25) is 0 Å². The lowest BCUT2D eigenvalue weighted by molar-refractivity contribution is -0.137. The molecule has 5 nitrogen and oxygen atoms in total. The molecule has 0 fully saturated rings. The number of nitrogens with one attached hydrogen (secondary N) is 1. The molecule has 1 N–H and O–H groups in total. The summed E-state index contributed by atoms with van der Waals surface area (Å²) < 4.78 is 39.7. The van der Waals surface area contributed by atoms with Crippen molar-refractivity contribution < 1.29 is 13.2 Å². The Bertz CT molecular complexity index is 669. The molecular weight excluding hydrogens is 283 g/mol. The molecule has 21 heavy (non-hydrogen) atoms. The number of alkyl halides is 3. The average molecular weight is 295 g/mol. The summed E-state index contributed by atoms with van der Waals surface area (Å²) in [5.41, 5.74) is -0.864. The van der Waals surface area contributed by atoms with Crippen LogP contribution in [0, 0.1) is 11.3 Å². The quantitative estimate of drug-likeness (QED) is 0.940. The van der Waals surface area contributed by atoms with Gasteiger partial charge in [-0.1, -0.05) is 0 Å². The van der Waals surface area contributed by atoms with Gasteiger partial charge in [0, 0.05) is 25.7 Å². The lowest BCUT2D eigenvalue weighted by atomic mass is 10.1. The standard InChI is InChI=1S/C13H12F3N5/c1-21-8-19-20-12(21)4-5-18-10-2-3-11(13(14,15)16)9(6-10)7-17/h2-3,6,8,18H,4-5H2,1H3. The Morgan fingerprint density at radius 2 is 2.14 bits per heavy atom. The first kappa shape index (κ1) is 14.8. The van der Waals surface area contributed by atoms with E-state index in [4.69, 9.17) is 5.26 Å². The fourth-order valence-electron chi connectivity index (χ4n) is 1.85. The molecule has 0 unspecified atom stereocenters. The summed E-state index contributed by atoms with van der Waals surface area (Å²) in [5.74, 6) is 0.759. The molecule has 0 bridgehead atoms. The second-order valence-electron chi connectivity index (χ2n) is 4.40. The number of hydrogen-bond acceptors (Lipinski definition) is 4. The number of benzene rings is 1. The molecule has 2 rings (SSSR count). The normalized spacial score (nSPS) is 11.2. The van der Waals surface area contributed by atoms with Gasteiger partial charge in [-0.15, -0.1) is 10.2 Å². The molecule has 0 radical (unpaired) electrons. The van der Waals surface area contributed by atoms with Crippen LogP contribution in [0.5, 0.6) is 0 Å². The number of hydrogen-bond donors (Lipinski definition) is 1. The highest BCUT2D eigenvalue weighted by Gasteiger charge is 2.33. The maximum atomic E-state index is 12.7. The van der Waals surface area contributed by atoms with Gasteiger partial charge in [-0.2, -0.15) is 18.4 Å². The number of nitriles is 1. The minimum absolute atomic E-state index is 0.397. The van der Waals surface area contributed by atoms with Gasteiger partial charge in [0.2, 0.25) is 0 Å². The Labute approximate surface area is 119 Å². The fourth-order valence-corrected chi connectivity index (χ4v) is 1.85. The summed E-state index contributed by atoms with van der Waals surface area (Å²) in [6, 6.07) is 4.97. The molecule has 1 aromatic carbocycles. The monoisotopic (exact) mass is 295 g/mol. The Morgan fingerprint density at radius 3 is 2.71 bits per heavy atom. The van der Waals surface area contributed by atoms with Gasteiger partial charge in [0.1, 0.15) is 12.2 Å². The zero-order valence-corrected chi connectivity index (χ0v) is 11.1. The summed E-state index contributed by atoms with van der Waals surface area (Å²) in [7, 11) is 1.81. The molecule has 2 aromatic rings. The molecule has 1 aromatic heterocycles. The van der Waals surface area contributed by atoms with Gasteiger partial charge in [0.15, 0.2) is 0 Å². The molecule has 0 amide bonds. The molecule has 110 valence electrons. The number of aromatic nitrogens is 3. The predicted molar refractivity (Wildman–Crippen MR) is 69.4 cm³/mol. The number of aryl methyl sites for hydroxylation is 1. The van der Waals surface area contributed by atoms with E-state index in [-0.39, 0.29) is 0 Å². The van der Waals surface area contributed by atoms with Gasteiger partial charge < -0.3 is 9.88 Å². The smallest absolute Gasteiger partial charge is 0.385 e. The van der Waals surface area contributed by atoms with Crippen LogP contribution in [0.25, 0.3) is 0 Å². The summed E-state index contributed by atoms with van der Waals surface area (Å²) in [4.78, 5) is 0. The maximum absolute atomic E-state index is 12.7. The molecule has 0 saturated heterocycles. The van der Waals surface area contributed by atoms with Crippen molar-refractivity contribution in [2.45, 2.75) is 12.6 Å². The van der Waals surface area contributed by atoms with Crippen LogP contribution in [0.15, 0.2) is 24.5 Å². The van der Waals surface area contributed by atoms with Crippen LogP contribution in [0.1, 0.15) is 17.0 Å². The SMILES string of the molecule is Cn1cnnc1CCNc1ccc(C(F)(F)F)c(C#N)c1. The van der Waals surface area contributed by atoms with Crippen molar-refractivity contribution in [3.63, 3.8) is 0 Å². The Kier molecular flexibility index (Phi) is 4.12. The third-order valence-corrected chi connectivity index (χ3v) is 2.93. The number of nitrogens with zero attached hydrogens (tertiary/aromatic N) is 4. The topological polar surface area (TPSA) is 66.5 Å². The number of rotatable bonds is 4. The largest absolute Gasteiger partial charge is 0.417 e. The van der Waals surface area contributed by atoms with E-state index in [1.807, 2.05) is 0 Å². The maximum Gasteiger partial charge on any atom is 0.417 e. The highest BCUT2D eigenvalue weighted by molar-refractivity contribution is 5.53. The Balaban J connectivity index is 2.05. The van der Waals surface area contributed by atoms with E-state index in [0.717, 1.165) is 11.9 Å². The van der Waals surface area contributed by atoms with Crippen molar-refractivity contribution in [1.82, 2.24) is 14.8 Å². The second kappa shape index (κ2) is 5.83. The molecule has 0 aliphatic carbocycles. The Hall–Kier alpha value is -2.56. The van der Waals surface area contributed by atoms with E-state index < -0.39 is 17.3 Å². The highest BCUT2D eigenvalue weighted by Crippen LogP contribution is 2.32. The van der Waals surface area contributed by atoms with Crippen LogP contribution in [-0.2, 0) is 19.6 Å². The lowest BCUT2D eigenvalue weighted by Gasteiger charge is -2.11. The van der Waals surface area contributed by atoms with E-state index in [9.17, 15) is 13.2 Å². The zero-order chi connectivity index (χ0) is 15.5. The summed E-state index contributed by atoms with van der Waals surface area (Å²) in [6.45, 7) is 0.475. The van der Waals surface area contributed by atoms with Crippen LogP contribution in [0.3, 0.4) is 0 Å². The van der Waals surface area contributed by atoms with Crippen molar-refractivity contribution in [2.75, 3.05) is 11.9 Å². The van der Waals surface area contributed by atoms with Crippen LogP contribution >= 0.6 is 0 Å². The summed E-state index contributed by atoms with van der Waals surface area (Å²) in [5, 5.41) is 19.4. The highest BCUT2D eigenvalue weighted by atomic mass is 19.4. The summed E-state index contributed by atoms with van der Waals surface area (Å²) in [6.07, 6.45) is -2.39. The molecule has 0 saturated carbocycles. The van der Waals surface area contributed by atoms with Crippen molar-refractivity contribution >= 4 is 5.69 Å². The van der Waals surface area contributed by atoms with Gasteiger partial charge >= 0.3 is 6.18 Å². The number of anilines is 1. The van der Waals surface area contributed by atoms with Crippen LogP contribution < -0.4 is 5.32 Å². The van der Waals surface area contributed by atoms with Gasteiger partial charge in [0.05, 0.1) is 17.2 Å². The second-order valence-corrected chi connectivity index (χ2v) is 4.40. The molecular formula is C13H12F3N5. The van der Waals surface area contributed by atoms with Crippen molar-refractivity contribution in [2.24, 2.45) is 7.05 Å². The minimum atomic E-state index is -4.53. The van der Waals surface area contributed by atoms with Gasteiger partial charge in [-0.25, -0.2) is 0 Å². The first-order valence-electron chi connectivity index (χ1n) is 6.10. The Morgan fingerprint density at radius 1 is 1.38 bits per heavy atom. The first-order valence-corrected chi connectivity index (χ1v) is 6.10. The fraction of sp³-hybridized carbons (Fsp3) is 0.308. The summed E-state index contributed by atoms with van der Waals surface area (Å²) >= 11 is 0. The van der Waals surface area contributed by atoms with Crippen molar-refractivity contribution in [1.29, 1.82) is 5.26 Å². The molecule has 0 aliphatic heterocycles. The lowest BCUT2D eigenvalue weighted by Crippen LogP contribution is -2.11. The molecule has 0 atom stereocenters. The van der Waals surface area contributed by atoms with E-state index in [1.165, 1.54) is 12.1 Å². The van der Waals surface area contributed by atoms with Crippen LogP contribution in [0.4, 0.5) is 18.9 Å². The molecule has 0 aliphatic rings. The zero-order valence-electron chi connectivity index (χ0n) is 11.1.